The van der Waals surface area contributed by atoms with E-state index in [0.717, 1.165) is 17.2 Å². The Labute approximate surface area is 86.6 Å². The van der Waals surface area contributed by atoms with Crippen LogP contribution in [0, 0.1) is 13.8 Å². The lowest BCUT2D eigenvalue weighted by Gasteiger charge is -2.03. The van der Waals surface area contributed by atoms with E-state index in [1.807, 2.05) is 18.4 Å². The number of halogens is 1. The Morgan fingerprint density at radius 2 is 2.07 bits per heavy atom. The third kappa shape index (κ3) is 1.48. The monoisotopic (exact) mass is 208 g/mol. The Morgan fingerprint density at radius 3 is 2.64 bits per heavy atom. The summed E-state index contributed by atoms with van der Waals surface area (Å²) in [5.41, 5.74) is 2.04. The molecule has 0 N–H and O–H groups in total. The van der Waals surface area contributed by atoms with Gasteiger partial charge in [0.05, 0.1) is 5.69 Å². The molecular weight excluding hydrogens is 200 g/mol. The third-order valence-electron chi connectivity index (χ3n) is 2.11. The Balaban J connectivity index is 2.55. The molecule has 0 aliphatic rings. The van der Waals surface area contributed by atoms with E-state index in [1.54, 1.807) is 18.6 Å². The number of rotatable bonds is 1. The van der Waals surface area contributed by atoms with Crippen LogP contribution in [0.25, 0.3) is 5.82 Å². The SMILES string of the molecule is Cc1ncn(-c2ccnc(Cl)n2)c1C. The Hall–Kier alpha value is -1.42. The Bertz CT molecular complexity index is 464. The first-order valence-electron chi connectivity index (χ1n) is 4.18. The minimum atomic E-state index is 0.244. The molecule has 0 saturated heterocycles. The third-order valence-corrected chi connectivity index (χ3v) is 2.29. The minimum Gasteiger partial charge on any atom is -0.287 e. The molecule has 0 atom stereocenters. The molecule has 0 aromatic carbocycles. The van der Waals surface area contributed by atoms with Crippen LogP contribution in [-0.2, 0) is 0 Å². The highest BCUT2D eigenvalue weighted by Crippen LogP contribution is 2.12. The zero-order chi connectivity index (χ0) is 10.1. The molecule has 0 unspecified atom stereocenters. The summed E-state index contributed by atoms with van der Waals surface area (Å²) in [5, 5.41) is 0.244. The summed E-state index contributed by atoms with van der Waals surface area (Å²) >= 11 is 5.70. The van der Waals surface area contributed by atoms with Gasteiger partial charge < -0.3 is 0 Å². The summed E-state index contributed by atoms with van der Waals surface area (Å²) in [4.78, 5) is 12.1. The van der Waals surface area contributed by atoms with Gasteiger partial charge in [0.2, 0.25) is 5.28 Å². The largest absolute Gasteiger partial charge is 0.287 e. The lowest BCUT2D eigenvalue weighted by molar-refractivity contribution is 0.935. The van der Waals surface area contributed by atoms with E-state index in [0.29, 0.717) is 0 Å². The molecule has 2 aromatic heterocycles. The van der Waals surface area contributed by atoms with Crippen molar-refractivity contribution >= 4 is 11.6 Å². The van der Waals surface area contributed by atoms with Gasteiger partial charge in [0, 0.05) is 11.9 Å². The molecule has 0 aliphatic heterocycles. The first kappa shape index (κ1) is 9.15. The van der Waals surface area contributed by atoms with Crippen LogP contribution in [0.5, 0.6) is 0 Å². The summed E-state index contributed by atoms with van der Waals surface area (Å²) in [6, 6.07) is 1.79. The van der Waals surface area contributed by atoms with Gasteiger partial charge in [-0.25, -0.2) is 9.97 Å². The fraction of sp³-hybridized carbons (Fsp3) is 0.222. The molecule has 0 bridgehead atoms. The number of aromatic nitrogens is 4. The molecule has 72 valence electrons. The molecule has 0 fully saturated rings. The lowest BCUT2D eigenvalue weighted by atomic mass is 10.4. The van der Waals surface area contributed by atoms with Crippen LogP contribution in [0.4, 0.5) is 0 Å². The molecule has 4 nitrogen and oxygen atoms in total. The lowest BCUT2D eigenvalue weighted by Crippen LogP contribution is -1.99. The highest BCUT2D eigenvalue weighted by atomic mass is 35.5. The molecule has 2 heterocycles. The van der Waals surface area contributed by atoms with Crippen LogP contribution >= 0.6 is 11.6 Å². The van der Waals surface area contributed by atoms with Gasteiger partial charge in [0.1, 0.15) is 12.1 Å². The summed E-state index contributed by atoms with van der Waals surface area (Å²) in [6.45, 7) is 3.94. The van der Waals surface area contributed by atoms with E-state index in [4.69, 9.17) is 11.6 Å². The van der Waals surface area contributed by atoms with Crippen molar-refractivity contribution in [2.24, 2.45) is 0 Å². The van der Waals surface area contributed by atoms with Crippen molar-refractivity contribution in [1.29, 1.82) is 0 Å². The second kappa shape index (κ2) is 3.38. The van der Waals surface area contributed by atoms with Gasteiger partial charge in [-0.1, -0.05) is 0 Å². The van der Waals surface area contributed by atoms with Crippen molar-refractivity contribution in [3.8, 4) is 5.82 Å². The first-order valence-corrected chi connectivity index (χ1v) is 4.56. The quantitative estimate of drug-likeness (QED) is 0.673. The number of hydrogen-bond donors (Lipinski definition) is 0. The first-order chi connectivity index (χ1) is 6.68. The van der Waals surface area contributed by atoms with Crippen LogP contribution in [0.1, 0.15) is 11.4 Å². The predicted molar refractivity (Wildman–Crippen MR) is 53.6 cm³/mol. The maximum atomic E-state index is 5.70. The summed E-state index contributed by atoms with van der Waals surface area (Å²) < 4.78 is 1.88. The van der Waals surface area contributed by atoms with Gasteiger partial charge in [0.25, 0.3) is 0 Å². The van der Waals surface area contributed by atoms with Crippen molar-refractivity contribution in [3.05, 3.63) is 35.3 Å². The topological polar surface area (TPSA) is 43.6 Å². The molecule has 0 aliphatic carbocycles. The van der Waals surface area contributed by atoms with Crippen LogP contribution in [0.3, 0.4) is 0 Å². The second-order valence-electron chi connectivity index (χ2n) is 2.97. The van der Waals surface area contributed by atoms with Crippen LogP contribution in [-0.4, -0.2) is 19.5 Å². The van der Waals surface area contributed by atoms with Gasteiger partial charge in [-0.2, -0.15) is 4.98 Å². The molecule has 5 heteroatoms. The van der Waals surface area contributed by atoms with Gasteiger partial charge in [-0.15, -0.1) is 0 Å². The van der Waals surface area contributed by atoms with Crippen molar-refractivity contribution in [2.45, 2.75) is 13.8 Å². The number of hydrogen-bond acceptors (Lipinski definition) is 3. The molecule has 0 spiro atoms. The molecule has 2 rings (SSSR count). The molecular formula is C9H9ClN4. The smallest absolute Gasteiger partial charge is 0.224 e. The summed E-state index contributed by atoms with van der Waals surface area (Å²) in [7, 11) is 0. The van der Waals surface area contributed by atoms with Crippen LogP contribution in [0.2, 0.25) is 5.28 Å². The van der Waals surface area contributed by atoms with Crippen molar-refractivity contribution in [3.63, 3.8) is 0 Å². The fourth-order valence-electron chi connectivity index (χ4n) is 1.19. The van der Waals surface area contributed by atoms with E-state index in [-0.39, 0.29) is 5.28 Å². The van der Waals surface area contributed by atoms with E-state index in [2.05, 4.69) is 15.0 Å². The molecule has 14 heavy (non-hydrogen) atoms. The Kier molecular flexibility index (Phi) is 2.21. The van der Waals surface area contributed by atoms with E-state index >= 15 is 0 Å². The van der Waals surface area contributed by atoms with Crippen LogP contribution < -0.4 is 0 Å². The minimum absolute atomic E-state index is 0.244. The summed E-state index contributed by atoms with van der Waals surface area (Å²) in [6.07, 6.45) is 3.35. The fourth-order valence-corrected chi connectivity index (χ4v) is 1.33. The van der Waals surface area contributed by atoms with E-state index < -0.39 is 0 Å². The van der Waals surface area contributed by atoms with Gasteiger partial charge in [0.15, 0.2) is 0 Å². The zero-order valence-electron chi connectivity index (χ0n) is 7.90. The Morgan fingerprint density at radius 1 is 1.29 bits per heavy atom. The van der Waals surface area contributed by atoms with Crippen molar-refractivity contribution in [1.82, 2.24) is 19.5 Å². The second-order valence-corrected chi connectivity index (χ2v) is 3.31. The van der Waals surface area contributed by atoms with Crippen molar-refractivity contribution in [2.75, 3.05) is 0 Å². The highest BCUT2D eigenvalue weighted by molar-refractivity contribution is 6.28. The van der Waals surface area contributed by atoms with Gasteiger partial charge >= 0.3 is 0 Å². The molecule has 0 saturated carbocycles. The standard InChI is InChI=1S/C9H9ClN4/c1-6-7(2)14(5-12-6)8-3-4-11-9(10)13-8/h3-5H,1-2H3. The predicted octanol–water partition coefficient (Wildman–Crippen LogP) is 1.93. The van der Waals surface area contributed by atoms with Gasteiger partial charge in [-0.3, -0.25) is 4.57 Å². The number of imidazole rings is 1. The maximum Gasteiger partial charge on any atom is 0.224 e. The molecule has 0 radical (unpaired) electrons. The average Bonchev–Trinajstić information content (AvgIpc) is 2.48. The molecule has 0 amide bonds. The average molecular weight is 209 g/mol. The maximum absolute atomic E-state index is 5.70. The van der Waals surface area contributed by atoms with Crippen LogP contribution in [0.15, 0.2) is 18.6 Å². The highest BCUT2D eigenvalue weighted by Gasteiger charge is 2.05. The normalized spacial score (nSPS) is 10.5. The van der Waals surface area contributed by atoms with Crippen molar-refractivity contribution < 1.29 is 0 Å². The molecule has 2 aromatic rings. The van der Waals surface area contributed by atoms with Gasteiger partial charge in [-0.05, 0) is 31.5 Å². The van der Waals surface area contributed by atoms with E-state index in [1.165, 1.54) is 0 Å². The number of aryl methyl sites for hydroxylation is 1. The van der Waals surface area contributed by atoms with E-state index in [9.17, 15) is 0 Å². The number of nitrogens with zero attached hydrogens (tertiary/aromatic N) is 4. The summed E-state index contributed by atoms with van der Waals surface area (Å²) in [5.74, 6) is 0.739. The zero-order valence-corrected chi connectivity index (χ0v) is 8.65.